The highest BCUT2D eigenvalue weighted by Gasteiger charge is 1.99. The Morgan fingerprint density at radius 1 is 1.33 bits per heavy atom. The summed E-state index contributed by atoms with van der Waals surface area (Å²) in [5, 5.41) is 1.42. The first-order chi connectivity index (χ1) is 5.74. The molecule has 0 spiro atoms. The van der Waals surface area contributed by atoms with Crippen molar-refractivity contribution in [3.8, 4) is 0 Å². The number of benzene rings is 1. The van der Waals surface area contributed by atoms with Gasteiger partial charge in [-0.1, -0.05) is 42.6 Å². The van der Waals surface area contributed by atoms with Gasteiger partial charge in [0.2, 0.25) is 0 Å². The summed E-state index contributed by atoms with van der Waals surface area (Å²) in [5.41, 5.74) is 1.07. The summed E-state index contributed by atoms with van der Waals surface area (Å²) >= 11 is 11.7. The molecule has 0 fully saturated rings. The van der Waals surface area contributed by atoms with Crippen LogP contribution in [0.1, 0.15) is 25.3 Å². The molecule has 0 atom stereocenters. The quantitative estimate of drug-likeness (QED) is 0.683. The zero-order chi connectivity index (χ0) is 8.97. The lowest BCUT2D eigenvalue weighted by Crippen LogP contribution is -1.82. The van der Waals surface area contributed by atoms with E-state index in [4.69, 9.17) is 23.2 Å². The van der Waals surface area contributed by atoms with Gasteiger partial charge < -0.3 is 0 Å². The molecule has 0 aliphatic rings. The Bertz CT molecular complexity index is 256. The molecule has 0 unspecified atom stereocenters. The molecule has 65 valence electrons. The maximum Gasteiger partial charge on any atom is 0.0455 e. The lowest BCUT2D eigenvalue weighted by Gasteiger charge is -2.02. The van der Waals surface area contributed by atoms with Crippen molar-refractivity contribution in [1.82, 2.24) is 0 Å². The smallest absolute Gasteiger partial charge is 0.0455 e. The summed E-state index contributed by atoms with van der Waals surface area (Å²) in [4.78, 5) is 0. The maximum absolute atomic E-state index is 5.95. The van der Waals surface area contributed by atoms with Crippen LogP contribution >= 0.6 is 23.2 Å². The van der Waals surface area contributed by atoms with Crippen LogP contribution in [-0.2, 0) is 0 Å². The molecule has 1 rings (SSSR count). The second-order valence-corrected chi connectivity index (χ2v) is 3.50. The fourth-order valence-electron chi connectivity index (χ4n) is 0.967. The fourth-order valence-corrected chi connectivity index (χ4v) is 1.45. The Balaban J connectivity index is 2.72. The van der Waals surface area contributed by atoms with E-state index in [9.17, 15) is 0 Å². The van der Waals surface area contributed by atoms with E-state index in [-0.39, 0.29) is 0 Å². The van der Waals surface area contributed by atoms with Crippen LogP contribution in [0.2, 0.25) is 10.0 Å². The minimum Gasteiger partial charge on any atom is -0.0843 e. The maximum atomic E-state index is 5.95. The Morgan fingerprint density at radius 3 is 2.67 bits per heavy atom. The lowest BCUT2D eigenvalue weighted by molar-refractivity contribution is 0.914. The highest BCUT2D eigenvalue weighted by molar-refractivity contribution is 6.35. The van der Waals surface area contributed by atoms with Crippen molar-refractivity contribution < 1.29 is 0 Å². The molecule has 0 aromatic heterocycles. The Labute approximate surface area is 83.5 Å². The fraction of sp³-hybridized carbons (Fsp3) is 0.300. The van der Waals surface area contributed by atoms with Crippen molar-refractivity contribution in [2.24, 2.45) is 0 Å². The monoisotopic (exact) mass is 201 g/mol. The predicted octanol–water partition coefficient (Wildman–Crippen LogP) is 4.35. The molecule has 0 aliphatic carbocycles. The molecule has 1 aromatic carbocycles. The number of halogens is 2. The molecule has 0 heterocycles. The molecule has 0 amide bonds. The van der Waals surface area contributed by atoms with Gasteiger partial charge in [0.1, 0.15) is 0 Å². The van der Waals surface area contributed by atoms with Gasteiger partial charge in [-0.15, -0.1) is 0 Å². The molecule has 1 radical (unpaired) electrons. The van der Waals surface area contributed by atoms with Gasteiger partial charge in [0.25, 0.3) is 0 Å². The van der Waals surface area contributed by atoms with Crippen LogP contribution < -0.4 is 0 Å². The third-order valence-corrected chi connectivity index (χ3v) is 2.18. The van der Waals surface area contributed by atoms with E-state index in [2.05, 4.69) is 13.3 Å². The van der Waals surface area contributed by atoms with E-state index >= 15 is 0 Å². The number of unbranched alkanes of at least 4 members (excludes halogenated alkanes) is 1. The molecule has 0 bridgehead atoms. The average molecular weight is 202 g/mol. The van der Waals surface area contributed by atoms with Gasteiger partial charge >= 0.3 is 0 Å². The Morgan fingerprint density at radius 2 is 2.08 bits per heavy atom. The van der Waals surface area contributed by atoms with Crippen molar-refractivity contribution >= 4 is 23.2 Å². The Kier molecular flexibility index (Phi) is 3.90. The summed E-state index contributed by atoms with van der Waals surface area (Å²) in [6, 6.07) is 5.57. The molecule has 0 saturated carbocycles. The largest absolute Gasteiger partial charge is 0.0843 e. The first-order valence-corrected chi connectivity index (χ1v) is 4.78. The highest BCUT2D eigenvalue weighted by atomic mass is 35.5. The molecule has 2 heteroatoms. The van der Waals surface area contributed by atoms with E-state index in [0.717, 1.165) is 23.4 Å². The first-order valence-electron chi connectivity index (χ1n) is 4.02. The molecule has 0 N–H and O–H groups in total. The van der Waals surface area contributed by atoms with Crippen LogP contribution in [0.5, 0.6) is 0 Å². The SMILES string of the molecule is CCC[CH]c1ccc(Cl)cc1Cl. The van der Waals surface area contributed by atoms with Gasteiger partial charge in [-0.25, -0.2) is 0 Å². The lowest BCUT2D eigenvalue weighted by atomic mass is 10.1. The van der Waals surface area contributed by atoms with Crippen molar-refractivity contribution in [3.05, 3.63) is 40.2 Å². The van der Waals surface area contributed by atoms with Crippen molar-refractivity contribution in [2.45, 2.75) is 19.8 Å². The zero-order valence-corrected chi connectivity index (χ0v) is 8.49. The highest BCUT2D eigenvalue weighted by Crippen LogP contribution is 2.23. The summed E-state index contributed by atoms with van der Waals surface area (Å²) < 4.78 is 0. The molecule has 1 aromatic rings. The van der Waals surface area contributed by atoms with E-state index < -0.39 is 0 Å². The Hall–Kier alpha value is -0.200. The van der Waals surface area contributed by atoms with E-state index in [0.29, 0.717) is 5.02 Å². The predicted molar refractivity (Wildman–Crippen MR) is 54.8 cm³/mol. The van der Waals surface area contributed by atoms with Crippen molar-refractivity contribution in [1.29, 1.82) is 0 Å². The van der Waals surface area contributed by atoms with Crippen molar-refractivity contribution in [3.63, 3.8) is 0 Å². The summed E-state index contributed by atoms with van der Waals surface area (Å²) in [7, 11) is 0. The topological polar surface area (TPSA) is 0 Å². The molecular formula is C10H11Cl2. The normalized spacial score (nSPS) is 10.2. The summed E-state index contributed by atoms with van der Waals surface area (Å²) in [5.74, 6) is 0. The van der Waals surface area contributed by atoms with Crippen LogP contribution in [0.4, 0.5) is 0 Å². The van der Waals surface area contributed by atoms with E-state index in [1.807, 2.05) is 12.1 Å². The van der Waals surface area contributed by atoms with Crippen molar-refractivity contribution in [2.75, 3.05) is 0 Å². The summed E-state index contributed by atoms with van der Waals surface area (Å²) in [6.07, 6.45) is 4.32. The molecule has 0 saturated heterocycles. The third kappa shape index (κ3) is 2.69. The average Bonchev–Trinajstić information content (AvgIpc) is 2.03. The third-order valence-electron chi connectivity index (χ3n) is 1.62. The van der Waals surface area contributed by atoms with Gasteiger partial charge in [0.05, 0.1) is 0 Å². The van der Waals surface area contributed by atoms with E-state index in [1.54, 1.807) is 6.07 Å². The molecule has 12 heavy (non-hydrogen) atoms. The molecule has 0 nitrogen and oxygen atoms in total. The van der Waals surface area contributed by atoms with Gasteiger partial charge in [0, 0.05) is 10.0 Å². The van der Waals surface area contributed by atoms with Crippen LogP contribution in [0, 0.1) is 6.42 Å². The molecule has 0 aliphatic heterocycles. The number of hydrogen-bond donors (Lipinski definition) is 0. The van der Waals surface area contributed by atoms with Gasteiger partial charge in [0.15, 0.2) is 0 Å². The van der Waals surface area contributed by atoms with Crippen LogP contribution in [0.3, 0.4) is 0 Å². The summed E-state index contributed by atoms with van der Waals surface area (Å²) in [6.45, 7) is 2.14. The minimum atomic E-state index is 0.689. The van der Waals surface area contributed by atoms with Crippen LogP contribution in [-0.4, -0.2) is 0 Å². The molecular weight excluding hydrogens is 191 g/mol. The van der Waals surface area contributed by atoms with Gasteiger partial charge in [-0.2, -0.15) is 0 Å². The number of rotatable bonds is 3. The van der Waals surface area contributed by atoms with Crippen LogP contribution in [0.15, 0.2) is 18.2 Å². The standard InChI is InChI=1S/C10H11Cl2/c1-2-3-4-8-5-6-9(11)7-10(8)12/h4-7H,2-3H2,1H3. The van der Waals surface area contributed by atoms with E-state index in [1.165, 1.54) is 0 Å². The first kappa shape index (κ1) is 9.88. The zero-order valence-electron chi connectivity index (χ0n) is 6.98. The van der Waals surface area contributed by atoms with Crippen LogP contribution in [0.25, 0.3) is 0 Å². The van der Waals surface area contributed by atoms with Gasteiger partial charge in [-0.3, -0.25) is 0 Å². The number of hydrogen-bond acceptors (Lipinski definition) is 0. The second-order valence-electron chi connectivity index (χ2n) is 2.66. The van der Waals surface area contributed by atoms with Gasteiger partial charge in [-0.05, 0) is 30.5 Å². The minimum absolute atomic E-state index is 0.689. The second kappa shape index (κ2) is 4.74.